The number of imide groups is 1. The lowest BCUT2D eigenvalue weighted by molar-refractivity contribution is -0.137. The molecule has 7 nitrogen and oxygen atoms in total. The zero-order valence-corrected chi connectivity index (χ0v) is 17.8. The lowest BCUT2D eigenvalue weighted by Crippen LogP contribution is -2.46. The fourth-order valence-corrected chi connectivity index (χ4v) is 4.84. The number of Topliss-reactive ketones (excluding diaryl/α,β-unsaturated/α-hetero) is 1. The van der Waals surface area contributed by atoms with Gasteiger partial charge in [0.05, 0.1) is 36.2 Å². The molecule has 2 aromatic carbocycles. The molecule has 174 valence electrons. The summed E-state index contributed by atoms with van der Waals surface area (Å²) < 4.78 is 44.8. The summed E-state index contributed by atoms with van der Waals surface area (Å²) in [6.07, 6.45) is 0.115. The maximum absolute atomic E-state index is 13.5. The first kappa shape index (κ1) is 21.9. The quantitative estimate of drug-likeness (QED) is 0.507. The molecule has 5 rings (SSSR count). The van der Waals surface area contributed by atoms with Crippen LogP contribution in [0.4, 0.5) is 18.9 Å². The van der Waals surface area contributed by atoms with E-state index in [9.17, 15) is 27.6 Å². The number of methoxy groups -OCH3 is 1. The minimum absolute atomic E-state index is 0.176. The van der Waals surface area contributed by atoms with Crippen molar-refractivity contribution in [2.24, 2.45) is 16.9 Å². The van der Waals surface area contributed by atoms with Crippen LogP contribution < -0.4 is 9.64 Å². The molecule has 0 aromatic heterocycles. The van der Waals surface area contributed by atoms with Gasteiger partial charge in [-0.05, 0) is 48.5 Å². The number of ether oxygens (including phenoxy) is 1. The highest BCUT2D eigenvalue weighted by Crippen LogP contribution is 2.46. The summed E-state index contributed by atoms with van der Waals surface area (Å²) in [5.41, 5.74) is -0.852. The van der Waals surface area contributed by atoms with Gasteiger partial charge in [0.25, 0.3) is 0 Å². The number of rotatable bonds is 4. The van der Waals surface area contributed by atoms with Crippen molar-refractivity contribution in [1.29, 1.82) is 0 Å². The van der Waals surface area contributed by atoms with E-state index in [2.05, 4.69) is 5.10 Å². The van der Waals surface area contributed by atoms with Crippen molar-refractivity contribution in [3.63, 3.8) is 0 Å². The number of allylic oxidation sites excluding steroid dienone is 1. The van der Waals surface area contributed by atoms with E-state index in [1.807, 2.05) is 0 Å². The Hall–Kier alpha value is -3.95. The largest absolute Gasteiger partial charge is 0.497 e. The van der Waals surface area contributed by atoms with Gasteiger partial charge in [0.15, 0.2) is 5.78 Å². The van der Waals surface area contributed by atoms with E-state index in [1.165, 1.54) is 24.4 Å². The van der Waals surface area contributed by atoms with E-state index in [1.54, 1.807) is 36.4 Å². The number of benzene rings is 2. The standard InChI is InChI=1S/C24H18F3N3O4/c1-34-16-9-7-13(8-10-16)21(31)20-19-18(17-6-3-11-28-30(17)20)22(32)29(23(19)33)15-5-2-4-14(12-15)24(25,26)27/h2-12,17-20H,1H3/t17-,18+,19-,20+/m1/s1. The maximum Gasteiger partial charge on any atom is 0.416 e. The third-order valence-corrected chi connectivity index (χ3v) is 6.37. The average Bonchev–Trinajstić information content (AvgIpc) is 3.31. The number of hydrogen-bond donors (Lipinski definition) is 0. The Balaban J connectivity index is 1.55. The van der Waals surface area contributed by atoms with Crippen molar-refractivity contribution in [2.45, 2.75) is 18.3 Å². The highest BCUT2D eigenvalue weighted by atomic mass is 19.4. The Bertz CT molecular complexity index is 1240. The molecule has 2 saturated heterocycles. The number of hydrogen-bond acceptors (Lipinski definition) is 6. The predicted molar refractivity (Wildman–Crippen MR) is 115 cm³/mol. The van der Waals surface area contributed by atoms with Crippen molar-refractivity contribution in [3.8, 4) is 5.75 Å². The van der Waals surface area contributed by atoms with Crippen LogP contribution in [0.25, 0.3) is 0 Å². The topological polar surface area (TPSA) is 79.3 Å². The van der Waals surface area contributed by atoms with Gasteiger partial charge in [-0.15, -0.1) is 0 Å². The molecule has 0 saturated carbocycles. The number of alkyl halides is 3. The second kappa shape index (κ2) is 7.82. The van der Waals surface area contributed by atoms with Gasteiger partial charge in [0, 0.05) is 11.8 Å². The van der Waals surface area contributed by atoms with Crippen LogP contribution in [0.15, 0.2) is 65.8 Å². The van der Waals surface area contributed by atoms with Crippen molar-refractivity contribution in [1.82, 2.24) is 5.01 Å². The van der Waals surface area contributed by atoms with Gasteiger partial charge < -0.3 is 4.74 Å². The molecule has 34 heavy (non-hydrogen) atoms. The minimum Gasteiger partial charge on any atom is -0.497 e. The summed E-state index contributed by atoms with van der Waals surface area (Å²) in [6, 6.07) is 8.61. The van der Waals surface area contributed by atoms with Crippen molar-refractivity contribution in [2.75, 3.05) is 12.0 Å². The number of ketones is 1. The summed E-state index contributed by atoms with van der Waals surface area (Å²) in [4.78, 5) is 41.2. The number of anilines is 1. The monoisotopic (exact) mass is 469 g/mol. The Labute approximate surface area is 192 Å². The molecule has 2 aromatic rings. The van der Waals surface area contributed by atoms with Crippen LogP contribution in [0.5, 0.6) is 5.75 Å². The van der Waals surface area contributed by atoms with Gasteiger partial charge >= 0.3 is 6.18 Å². The van der Waals surface area contributed by atoms with Crippen molar-refractivity contribution in [3.05, 3.63) is 71.8 Å². The average molecular weight is 469 g/mol. The van der Waals surface area contributed by atoms with E-state index in [-0.39, 0.29) is 5.69 Å². The molecule has 0 spiro atoms. The third-order valence-electron chi connectivity index (χ3n) is 6.37. The van der Waals surface area contributed by atoms with Crippen LogP contribution in [0, 0.1) is 11.8 Å². The second-order valence-electron chi connectivity index (χ2n) is 8.17. The van der Waals surface area contributed by atoms with Crippen LogP contribution in [0.1, 0.15) is 15.9 Å². The van der Waals surface area contributed by atoms with Crippen LogP contribution in [0.3, 0.4) is 0 Å². The van der Waals surface area contributed by atoms with Crippen LogP contribution in [-0.2, 0) is 15.8 Å². The zero-order chi connectivity index (χ0) is 24.2. The predicted octanol–water partition coefficient (Wildman–Crippen LogP) is 3.31. The number of nitrogens with zero attached hydrogens (tertiary/aromatic N) is 3. The first-order valence-electron chi connectivity index (χ1n) is 10.4. The Kier molecular flexibility index (Phi) is 5.03. The lowest BCUT2D eigenvalue weighted by Gasteiger charge is -2.30. The smallest absolute Gasteiger partial charge is 0.416 e. The van der Waals surface area contributed by atoms with Crippen molar-refractivity contribution < 1.29 is 32.3 Å². The molecule has 10 heteroatoms. The van der Waals surface area contributed by atoms with E-state index < -0.39 is 53.3 Å². The van der Waals surface area contributed by atoms with Crippen LogP contribution >= 0.6 is 0 Å². The molecule has 4 atom stereocenters. The first-order valence-corrected chi connectivity index (χ1v) is 10.4. The lowest BCUT2D eigenvalue weighted by atomic mass is 9.86. The number of halogens is 3. The van der Waals surface area contributed by atoms with Gasteiger partial charge in [-0.3, -0.25) is 19.4 Å². The number of carbonyl (C=O) groups excluding carboxylic acids is 3. The highest BCUT2D eigenvalue weighted by Gasteiger charge is 2.64. The zero-order valence-electron chi connectivity index (χ0n) is 17.8. The third kappa shape index (κ3) is 3.28. The number of fused-ring (bicyclic) bond motifs is 3. The summed E-state index contributed by atoms with van der Waals surface area (Å²) in [5, 5.41) is 5.70. The molecular weight excluding hydrogens is 451 g/mol. The molecule has 0 N–H and O–H groups in total. The minimum atomic E-state index is -4.64. The van der Waals surface area contributed by atoms with E-state index in [0.29, 0.717) is 11.3 Å². The molecule has 0 aliphatic carbocycles. The molecule has 3 aliphatic heterocycles. The fourth-order valence-electron chi connectivity index (χ4n) is 4.84. The molecule has 2 fully saturated rings. The Morgan fingerprint density at radius 2 is 1.74 bits per heavy atom. The van der Waals surface area contributed by atoms with Gasteiger partial charge in [-0.25, -0.2) is 4.90 Å². The number of carbonyl (C=O) groups is 3. The molecule has 3 aliphatic rings. The SMILES string of the molecule is COc1ccc(C(=O)[C@@H]2[C@@H]3C(=O)N(c4cccc(C(F)(F)F)c4)C(=O)[C@H]3[C@H]3C=CC=NN32)cc1. The normalized spacial score (nSPS) is 25.5. The first-order chi connectivity index (χ1) is 16.2. The van der Waals surface area contributed by atoms with Gasteiger partial charge in [-0.2, -0.15) is 18.3 Å². The van der Waals surface area contributed by atoms with E-state index >= 15 is 0 Å². The fraction of sp³-hybridized carbons (Fsp3) is 0.250. The van der Waals surface area contributed by atoms with Gasteiger partial charge in [0.1, 0.15) is 11.8 Å². The molecular formula is C24H18F3N3O4. The van der Waals surface area contributed by atoms with E-state index in [0.717, 1.165) is 23.1 Å². The Morgan fingerprint density at radius 1 is 1.03 bits per heavy atom. The number of amides is 2. The van der Waals surface area contributed by atoms with Crippen LogP contribution in [-0.4, -0.2) is 48.0 Å². The maximum atomic E-state index is 13.5. The number of hydrazone groups is 1. The molecule has 3 heterocycles. The van der Waals surface area contributed by atoms with Gasteiger partial charge in [0.2, 0.25) is 11.8 Å². The molecule has 0 unspecified atom stereocenters. The Morgan fingerprint density at radius 3 is 2.41 bits per heavy atom. The highest BCUT2D eigenvalue weighted by molar-refractivity contribution is 6.24. The van der Waals surface area contributed by atoms with Crippen molar-refractivity contribution >= 4 is 29.5 Å². The summed E-state index contributed by atoms with van der Waals surface area (Å²) in [6.45, 7) is 0. The van der Waals surface area contributed by atoms with Crippen LogP contribution in [0.2, 0.25) is 0 Å². The summed E-state index contributed by atoms with van der Waals surface area (Å²) >= 11 is 0. The molecule has 0 radical (unpaired) electrons. The summed E-state index contributed by atoms with van der Waals surface area (Å²) in [5.74, 6) is -3.31. The molecule has 0 bridgehead atoms. The second-order valence-corrected chi connectivity index (χ2v) is 8.17. The summed E-state index contributed by atoms with van der Waals surface area (Å²) in [7, 11) is 1.49. The van der Waals surface area contributed by atoms with E-state index in [4.69, 9.17) is 4.74 Å². The van der Waals surface area contributed by atoms with Gasteiger partial charge in [-0.1, -0.05) is 12.1 Å². The molecule has 2 amide bonds.